The van der Waals surface area contributed by atoms with E-state index in [9.17, 15) is 4.79 Å². The average molecular weight is 359 g/mol. The Labute approximate surface area is 153 Å². The number of nitrogens with one attached hydrogen (secondary N) is 3. The number of carbonyl (C=O) groups excluding carboxylic acids is 1. The second-order valence-corrected chi connectivity index (χ2v) is 6.65. The molecule has 6 heteroatoms. The second kappa shape index (κ2) is 9.84. The van der Waals surface area contributed by atoms with Gasteiger partial charge in [-0.2, -0.15) is 0 Å². The summed E-state index contributed by atoms with van der Waals surface area (Å²) in [6, 6.07) is 12.1. The molecule has 0 radical (unpaired) electrons. The summed E-state index contributed by atoms with van der Waals surface area (Å²) in [5, 5.41) is 11.4. The molecule has 0 saturated carbocycles. The largest absolute Gasteiger partial charge is 0.357 e. The number of nitrogens with zero attached hydrogens (tertiary/aromatic N) is 1. The van der Waals surface area contributed by atoms with Crippen LogP contribution in [0.4, 0.5) is 0 Å². The summed E-state index contributed by atoms with van der Waals surface area (Å²) in [6.07, 6.45) is 0.786. The normalized spacial score (nSPS) is 12.5. The van der Waals surface area contributed by atoms with Crippen molar-refractivity contribution < 1.29 is 4.79 Å². The molecule has 1 aromatic heterocycles. The zero-order valence-corrected chi connectivity index (χ0v) is 15.8. The number of guanidine groups is 1. The summed E-state index contributed by atoms with van der Waals surface area (Å²) in [6.45, 7) is 5.66. The van der Waals surface area contributed by atoms with E-state index in [0.717, 1.165) is 24.5 Å². The Bertz CT molecular complexity index is 697. The minimum absolute atomic E-state index is 0.0647. The molecule has 1 aromatic carbocycles. The molecular weight excluding hydrogens is 332 g/mol. The molecule has 2 rings (SSSR count). The van der Waals surface area contributed by atoms with Gasteiger partial charge >= 0.3 is 0 Å². The Kier molecular flexibility index (Phi) is 7.47. The van der Waals surface area contributed by atoms with Crippen molar-refractivity contribution in [2.75, 3.05) is 20.1 Å². The monoisotopic (exact) mass is 358 g/mol. The highest BCUT2D eigenvalue weighted by atomic mass is 32.1. The fourth-order valence-corrected chi connectivity index (χ4v) is 3.18. The third kappa shape index (κ3) is 5.90. The van der Waals surface area contributed by atoms with Crippen LogP contribution in [0.25, 0.3) is 0 Å². The number of aliphatic imine (C=N–C) groups is 1. The van der Waals surface area contributed by atoms with E-state index in [-0.39, 0.29) is 11.9 Å². The summed E-state index contributed by atoms with van der Waals surface area (Å²) < 4.78 is 0. The first-order valence-corrected chi connectivity index (χ1v) is 9.41. The molecule has 0 spiro atoms. The number of benzene rings is 1. The molecule has 0 aliphatic carbocycles. The van der Waals surface area contributed by atoms with Crippen molar-refractivity contribution in [1.82, 2.24) is 16.0 Å². The Morgan fingerprint density at radius 2 is 2.12 bits per heavy atom. The van der Waals surface area contributed by atoms with Crippen LogP contribution in [0.5, 0.6) is 0 Å². The lowest BCUT2D eigenvalue weighted by Crippen LogP contribution is -2.38. The zero-order valence-electron chi connectivity index (χ0n) is 15.0. The molecule has 1 heterocycles. The summed E-state index contributed by atoms with van der Waals surface area (Å²) >= 11 is 1.74. The molecule has 0 fully saturated rings. The third-order valence-electron chi connectivity index (χ3n) is 3.75. The summed E-state index contributed by atoms with van der Waals surface area (Å²) in [5.41, 5.74) is 1.78. The van der Waals surface area contributed by atoms with Crippen LogP contribution in [-0.2, 0) is 6.42 Å². The first-order chi connectivity index (χ1) is 12.1. The highest BCUT2D eigenvalue weighted by Crippen LogP contribution is 2.17. The number of rotatable bonds is 7. The van der Waals surface area contributed by atoms with E-state index in [1.807, 2.05) is 24.3 Å². The molecular formula is C19H26N4OS. The van der Waals surface area contributed by atoms with Crippen molar-refractivity contribution >= 4 is 23.2 Å². The van der Waals surface area contributed by atoms with Gasteiger partial charge in [0.2, 0.25) is 0 Å². The maximum atomic E-state index is 11.7. The van der Waals surface area contributed by atoms with Crippen molar-refractivity contribution in [3.05, 3.63) is 57.8 Å². The van der Waals surface area contributed by atoms with E-state index >= 15 is 0 Å². The first-order valence-electron chi connectivity index (χ1n) is 8.53. The van der Waals surface area contributed by atoms with E-state index in [2.05, 4.69) is 52.3 Å². The second-order valence-electron chi connectivity index (χ2n) is 5.67. The highest BCUT2D eigenvalue weighted by Gasteiger charge is 2.08. The molecule has 25 heavy (non-hydrogen) atoms. The van der Waals surface area contributed by atoms with Gasteiger partial charge in [-0.15, -0.1) is 11.3 Å². The van der Waals surface area contributed by atoms with Crippen LogP contribution in [-0.4, -0.2) is 32.0 Å². The van der Waals surface area contributed by atoms with E-state index in [1.165, 1.54) is 4.88 Å². The maximum absolute atomic E-state index is 11.7. The van der Waals surface area contributed by atoms with E-state index in [4.69, 9.17) is 0 Å². The van der Waals surface area contributed by atoms with Gasteiger partial charge in [-0.05, 0) is 49.4 Å². The molecule has 3 N–H and O–H groups in total. The topological polar surface area (TPSA) is 65.5 Å². The average Bonchev–Trinajstić information content (AvgIpc) is 3.16. The molecule has 2 aromatic rings. The lowest BCUT2D eigenvalue weighted by Gasteiger charge is -2.16. The molecule has 1 atom stereocenters. The molecule has 1 unspecified atom stereocenters. The van der Waals surface area contributed by atoms with Crippen LogP contribution in [0.15, 0.2) is 46.8 Å². The van der Waals surface area contributed by atoms with Crippen LogP contribution in [0, 0.1) is 0 Å². The fourth-order valence-electron chi connectivity index (χ4n) is 2.44. The van der Waals surface area contributed by atoms with Crippen molar-refractivity contribution in [3.8, 4) is 0 Å². The van der Waals surface area contributed by atoms with Gasteiger partial charge < -0.3 is 16.0 Å². The number of carbonyl (C=O) groups is 1. The van der Waals surface area contributed by atoms with Crippen molar-refractivity contribution in [2.45, 2.75) is 26.3 Å². The van der Waals surface area contributed by atoms with Crippen molar-refractivity contribution in [3.63, 3.8) is 0 Å². The van der Waals surface area contributed by atoms with Crippen molar-refractivity contribution in [1.29, 1.82) is 0 Å². The standard InChI is InChI=1S/C19H26N4OS/c1-4-21-19(23-14(2)17-9-6-12-25-17)22-11-10-15-7-5-8-16(13-15)18(24)20-3/h5-9,12-14H,4,10-11H2,1-3H3,(H,20,24)(H2,21,22,23). The van der Waals surface area contributed by atoms with Gasteiger partial charge in [0, 0.05) is 30.6 Å². The predicted molar refractivity (Wildman–Crippen MR) is 105 cm³/mol. The van der Waals surface area contributed by atoms with Gasteiger partial charge in [0.25, 0.3) is 5.91 Å². The van der Waals surface area contributed by atoms with Crippen LogP contribution in [0.3, 0.4) is 0 Å². The Hall–Kier alpha value is -2.34. The van der Waals surface area contributed by atoms with Crippen molar-refractivity contribution in [2.24, 2.45) is 4.99 Å². The van der Waals surface area contributed by atoms with Crippen LogP contribution >= 0.6 is 11.3 Å². The highest BCUT2D eigenvalue weighted by molar-refractivity contribution is 7.10. The predicted octanol–water partition coefficient (Wildman–Crippen LogP) is 2.97. The quantitative estimate of drug-likeness (QED) is 0.527. The number of amides is 1. The van der Waals surface area contributed by atoms with Gasteiger partial charge in [0.1, 0.15) is 0 Å². The van der Waals surface area contributed by atoms with Gasteiger partial charge in [-0.25, -0.2) is 0 Å². The van der Waals surface area contributed by atoms with E-state index in [0.29, 0.717) is 12.1 Å². The third-order valence-corrected chi connectivity index (χ3v) is 4.81. The molecule has 0 aliphatic heterocycles. The molecule has 0 saturated heterocycles. The Balaban J connectivity index is 1.96. The molecule has 1 amide bonds. The Morgan fingerprint density at radius 1 is 1.28 bits per heavy atom. The summed E-state index contributed by atoms with van der Waals surface area (Å²) in [4.78, 5) is 17.6. The minimum Gasteiger partial charge on any atom is -0.357 e. The van der Waals surface area contributed by atoms with E-state index in [1.54, 1.807) is 18.4 Å². The van der Waals surface area contributed by atoms with Gasteiger partial charge in [-0.3, -0.25) is 9.79 Å². The summed E-state index contributed by atoms with van der Waals surface area (Å²) in [5.74, 6) is 0.746. The smallest absolute Gasteiger partial charge is 0.251 e. The maximum Gasteiger partial charge on any atom is 0.251 e. The van der Waals surface area contributed by atoms with Gasteiger partial charge in [0.15, 0.2) is 5.96 Å². The van der Waals surface area contributed by atoms with Gasteiger partial charge in [0.05, 0.1) is 6.04 Å². The number of hydrogen-bond donors (Lipinski definition) is 3. The van der Waals surface area contributed by atoms with Crippen LogP contribution in [0.2, 0.25) is 0 Å². The van der Waals surface area contributed by atoms with Crippen LogP contribution in [0.1, 0.15) is 40.7 Å². The molecule has 5 nitrogen and oxygen atoms in total. The minimum atomic E-state index is -0.0647. The fraction of sp³-hybridized carbons (Fsp3) is 0.368. The lowest BCUT2D eigenvalue weighted by molar-refractivity contribution is 0.0963. The molecule has 0 bridgehead atoms. The number of thiophene rings is 1. The summed E-state index contributed by atoms with van der Waals surface area (Å²) in [7, 11) is 1.64. The SMILES string of the molecule is CCNC(=NCCc1cccc(C(=O)NC)c1)NC(C)c1cccs1. The molecule has 0 aliphatic rings. The number of hydrogen-bond acceptors (Lipinski definition) is 3. The lowest BCUT2D eigenvalue weighted by atomic mass is 10.1. The van der Waals surface area contributed by atoms with E-state index < -0.39 is 0 Å². The van der Waals surface area contributed by atoms with Gasteiger partial charge in [-0.1, -0.05) is 18.2 Å². The Morgan fingerprint density at radius 3 is 2.80 bits per heavy atom. The first kappa shape index (κ1) is 19.0. The van der Waals surface area contributed by atoms with Crippen LogP contribution < -0.4 is 16.0 Å². The molecule has 134 valence electrons. The zero-order chi connectivity index (χ0) is 18.1.